The highest BCUT2D eigenvalue weighted by molar-refractivity contribution is 7.96. The van der Waals surface area contributed by atoms with Gasteiger partial charge in [-0.1, -0.05) is 42.0 Å². The molecular formula is C24H19NO6S2. The predicted molar refractivity (Wildman–Crippen MR) is 124 cm³/mol. The molecule has 0 spiro atoms. The summed E-state index contributed by atoms with van der Waals surface area (Å²) < 4.78 is 61.4. The zero-order chi connectivity index (χ0) is 23.8. The van der Waals surface area contributed by atoms with E-state index in [9.17, 15) is 21.6 Å². The van der Waals surface area contributed by atoms with Crippen LogP contribution in [0.25, 0.3) is 0 Å². The van der Waals surface area contributed by atoms with Crippen molar-refractivity contribution < 1.29 is 26.4 Å². The van der Waals surface area contributed by atoms with E-state index in [1.807, 2.05) is 6.92 Å². The van der Waals surface area contributed by atoms with E-state index in [4.69, 9.17) is 4.74 Å². The fourth-order valence-corrected chi connectivity index (χ4v) is 5.72. The molecule has 3 aromatic carbocycles. The molecule has 0 N–H and O–H groups in total. The molecule has 0 aromatic heterocycles. The van der Waals surface area contributed by atoms with E-state index >= 15 is 0 Å². The molecule has 0 bridgehead atoms. The van der Waals surface area contributed by atoms with Crippen molar-refractivity contribution >= 4 is 31.4 Å². The minimum absolute atomic E-state index is 0.0642. The van der Waals surface area contributed by atoms with Crippen LogP contribution in [0.5, 0.6) is 5.75 Å². The number of allylic oxidation sites excluding steroid dienone is 2. The Bertz CT molecular complexity index is 1520. The number of ether oxygens (including phenoxy) is 1. The summed E-state index contributed by atoms with van der Waals surface area (Å²) in [5, 5.41) is 0. The molecule has 0 radical (unpaired) electrons. The molecule has 0 aliphatic heterocycles. The van der Waals surface area contributed by atoms with Gasteiger partial charge in [0.05, 0.1) is 22.6 Å². The Morgan fingerprint density at radius 1 is 0.758 bits per heavy atom. The first-order valence-corrected chi connectivity index (χ1v) is 12.7. The lowest BCUT2D eigenvalue weighted by atomic mass is 9.94. The van der Waals surface area contributed by atoms with E-state index in [0.29, 0.717) is 5.75 Å². The Morgan fingerprint density at radius 3 is 1.94 bits per heavy atom. The van der Waals surface area contributed by atoms with Crippen LogP contribution in [-0.4, -0.2) is 35.4 Å². The minimum atomic E-state index is -4.21. The summed E-state index contributed by atoms with van der Waals surface area (Å²) >= 11 is 0. The van der Waals surface area contributed by atoms with Crippen molar-refractivity contribution in [1.82, 2.24) is 0 Å². The lowest BCUT2D eigenvalue weighted by Gasteiger charge is -2.18. The molecule has 4 rings (SSSR count). The van der Waals surface area contributed by atoms with Crippen molar-refractivity contribution in [3.05, 3.63) is 100 Å². The molecule has 0 unspecified atom stereocenters. The Kier molecular flexibility index (Phi) is 5.77. The van der Waals surface area contributed by atoms with Crippen LogP contribution in [0.15, 0.2) is 98.0 Å². The minimum Gasteiger partial charge on any atom is -0.497 e. The van der Waals surface area contributed by atoms with Gasteiger partial charge in [-0.25, -0.2) is 8.42 Å². The number of fused-ring (bicyclic) bond motifs is 1. The topological polar surface area (TPSA) is 107 Å². The molecular weight excluding hydrogens is 462 g/mol. The van der Waals surface area contributed by atoms with E-state index in [1.54, 1.807) is 24.3 Å². The van der Waals surface area contributed by atoms with E-state index in [-0.39, 0.29) is 26.6 Å². The Balaban J connectivity index is 1.89. The van der Waals surface area contributed by atoms with Crippen LogP contribution in [0.4, 0.5) is 0 Å². The lowest BCUT2D eigenvalue weighted by molar-refractivity contribution is 0.104. The summed E-state index contributed by atoms with van der Waals surface area (Å²) in [5.74, 6) is -0.242. The van der Waals surface area contributed by atoms with Gasteiger partial charge >= 0.3 is 0 Å². The third-order valence-corrected chi connectivity index (χ3v) is 8.22. The van der Waals surface area contributed by atoms with Gasteiger partial charge in [-0.3, -0.25) is 4.79 Å². The molecule has 0 saturated heterocycles. The molecule has 0 saturated carbocycles. The second-order valence-corrected chi connectivity index (χ2v) is 10.8. The number of aryl methyl sites for hydroxylation is 1. The van der Waals surface area contributed by atoms with Crippen LogP contribution >= 0.6 is 0 Å². The summed E-state index contributed by atoms with van der Waals surface area (Å²) in [5.41, 5.74) is 1.03. The number of rotatable bonds is 5. The molecule has 0 atom stereocenters. The molecule has 0 heterocycles. The maximum atomic E-state index is 13.3. The van der Waals surface area contributed by atoms with Crippen molar-refractivity contribution in [2.24, 2.45) is 4.40 Å². The highest BCUT2D eigenvalue weighted by Gasteiger charge is 2.34. The number of methoxy groups -OCH3 is 1. The third-order valence-electron chi connectivity index (χ3n) is 5.14. The van der Waals surface area contributed by atoms with Gasteiger partial charge in [-0.05, 0) is 49.4 Å². The number of hydrogen-bond donors (Lipinski definition) is 0. The van der Waals surface area contributed by atoms with Crippen molar-refractivity contribution in [2.75, 3.05) is 7.11 Å². The maximum absolute atomic E-state index is 13.3. The number of nitrogens with zero attached hydrogens (tertiary/aromatic N) is 1. The van der Waals surface area contributed by atoms with Gasteiger partial charge in [0.25, 0.3) is 10.0 Å². The van der Waals surface area contributed by atoms with Crippen molar-refractivity contribution in [3.63, 3.8) is 0 Å². The molecule has 33 heavy (non-hydrogen) atoms. The predicted octanol–water partition coefficient (Wildman–Crippen LogP) is 3.74. The van der Waals surface area contributed by atoms with Crippen LogP contribution in [0.1, 0.15) is 21.5 Å². The highest BCUT2D eigenvalue weighted by atomic mass is 32.2. The fourth-order valence-electron chi connectivity index (χ4n) is 3.35. The summed E-state index contributed by atoms with van der Waals surface area (Å²) in [6.07, 6.45) is 1.03. The first-order valence-electron chi connectivity index (χ1n) is 9.80. The zero-order valence-corrected chi connectivity index (χ0v) is 19.4. The van der Waals surface area contributed by atoms with Gasteiger partial charge in [0, 0.05) is 11.1 Å². The molecule has 1 aliphatic carbocycles. The first-order chi connectivity index (χ1) is 15.6. The molecule has 7 nitrogen and oxygen atoms in total. The molecule has 168 valence electrons. The van der Waals surface area contributed by atoms with Gasteiger partial charge < -0.3 is 4.74 Å². The summed E-state index contributed by atoms with van der Waals surface area (Å²) in [4.78, 5) is 12.4. The summed E-state index contributed by atoms with van der Waals surface area (Å²) in [7, 11) is -6.96. The maximum Gasteiger partial charge on any atom is 0.282 e. The Morgan fingerprint density at radius 2 is 1.33 bits per heavy atom. The standard InChI is InChI=1S/C24H19NO6S2/c1-16-7-11-18(12-8-16)32(27,28)23-15-22(20-5-3-4-6-21(20)24(23)26)25-33(29,30)19-13-9-17(31-2)10-14-19/h3-15H,1-2H3. The van der Waals surface area contributed by atoms with Crippen LogP contribution in [0.3, 0.4) is 0 Å². The van der Waals surface area contributed by atoms with Crippen LogP contribution in [-0.2, 0) is 19.9 Å². The second-order valence-electron chi connectivity index (χ2n) is 7.33. The normalized spacial score (nSPS) is 15.2. The number of sulfonamides is 1. The van der Waals surface area contributed by atoms with E-state index in [2.05, 4.69) is 4.40 Å². The Labute approximate surface area is 192 Å². The van der Waals surface area contributed by atoms with Gasteiger partial charge in [0.1, 0.15) is 10.7 Å². The molecule has 0 amide bonds. The average Bonchev–Trinajstić information content (AvgIpc) is 2.81. The van der Waals surface area contributed by atoms with Gasteiger partial charge in [0.15, 0.2) is 0 Å². The van der Waals surface area contributed by atoms with Gasteiger partial charge in [-0.15, -0.1) is 0 Å². The number of carbonyl (C=O) groups is 1. The quantitative estimate of drug-likeness (QED) is 0.550. The number of benzene rings is 3. The van der Waals surface area contributed by atoms with Crippen LogP contribution < -0.4 is 4.74 Å². The third kappa shape index (κ3) is 4.24. The molecule has 1 aliphatic rings. The van der Waals surface area contributed by atoms with Gasteiger partial charge in [-0.2, -0.15) is 12.8 Å². The van der Waals surface area contributed by atoms with E-state index in [1.165, 1.54) is 55.6 Å². The number of Topliss-reactive ketones (excluding diaryl/α,β-unsaturated/α-hetero) is 1. The number of sulfone groups is 1. The molecule has 0 fully saturated rings. The molecule has 9 heteroatoms. The zero-order valence-electron chi connectivity index (χ0n) is 17.7. The lowest BCUT2D eigenvalue weighted by Crippen LogP contribution is -2.23. The smallest absolute Gasteiger partial charge is 0.282 e. The van der Waals surface area contributed by atoms with Crippen LogP contribution in [0, 0.1) is 6.92 Å². The van der Waals surface area contributed by atoms with E-state index in [0.717, 1.165) is 11.6 Å². The Hall–Kier alpha value is -3.56. The highest BCUT2D eigenvalue weighted by Crippen LogP contribution is 2.30. The number of hydrogen-bond acceptors (Lipinski definition) is 6. The summed E-state index contributed by atoms with van der Waals surface area (Å²) in [6.45, 7) is 1.81. The van der Waals surface area contributed by atoms with Crippen molar-refractivity contribution in [1.29, 1.82) is 0 Å². The largest absolute Gasteiger partial charge is 0.497 e. The fraction of sp³-hybridized carbons (Fsp3) is 0.0833. The van der Waals surface area contributed by atoms with E-state index < -0.39 is 30.5 Å². The first kappa shape index (κ1) is 22.6. The SMILES string of the molecule is COc1ccc(S(=O)(=O)N=C2C=C(S(=O)(=O)c3ccc(C)cc3)C(=O)c3ccccc32)cc1. The number of carbonyl (C=O) groups excluding carboxylic acids is 1. The van der Waals surface area contributed by atoms with Crippen molar-refractivity contribution in [3.8, 4) is 5.75 Å². The average molecular weight is 482 g/mol. The number of ketones is 1. The second kappa shape index (κ2) is 8.42. The van der Waals surface area contributed by atoms with Gasteiger partial charge in [0.2, 0.25) is 15.6 Å². The van der Waals surface area contributed by atoms with Crippen molar-refractivity contribution in [2.45, 2.75) is 16.7 Å². The van der Waals surface area contributed by atoms with Crippen LogP contribution in [0.2, 0.25) is 0 Å². The summed E-state index contributed by atoms with van der Waals surface area (Å²) in [6, 6.07) is 17.9. The monoisotopic (exact) mass is 481 g/mol. The molecule has 3 aromatic rings.